The van der Waals surface area contributed by atoms with Gasteiger partial charge in [-0.25, -0.2) is 4.79 Å². The molecule has 2 N–H and O–H groups in total. The number of nitrogens with zero attached hydrogens (tertiary/aromatic N) is 1. The van der Waals surface area contributed by atoms with Crippen LogP contribution in [-0.2, 0) is 6.54 Å². The Kier molecular flexibility index (Phi) is 4.79. The number of ether oxygens (including phenoxy) is 1. The van der Waals surface area contributed by atoms with Crippen molar-refractivity contribution in [1.29, 1.82) is 0 Å². The summed E-state index contributed by atoms with van der Waals surface area (Å²) in [4.78, 5) is 15.8. The molecule has 1 aromatic heterocycles. The van der Waals surface area contributed by atoms with Gasteiger partial charge in [0.25, 0.3) is 0 Å². The van der Waals surface area contributed by atoms with Gasteiger partial charge in [0, 0.05) is 11.9 Å². The van der Waals surface area contributed by atoms with Gasteiger partial charge in [-0.15, -0.1) is 0 Å². The maximum atomic E-state index is 11.7. The molecule has 0 aliphatic heterocycles. The van der Waals surface area contributed by atoms with Gasteiger partial charge in [0.2, 0.25) is 0 Å². The number of anilines is 1. The predicted molar refractivity (Wildman–Crippen MR) is 78.1 cm³/mol. The highest BCUT2D eigenvalue weighted by atomic mass is 35.5. The summed E-state index contributed by atoms with van der Waals surface area (Å²) in [7, 11) is 1.54. The second-order valence-corrected chi connectivity index (χ2v) is 4.39. The Morgan fingerprint density at radius 3 is 2.85 bits per heavy atom. The number of rotatable bonds is 4. The van der Waals surface area contributed by atoms with Crippen LogP contribution in [0.5, 0.6) is 5.75 Å². The number of amides is 2. The van der Waals surface area contributed by atoms with Gasteiger partial charge in [0.1, 0.15) is 5.75 Å². The van der Waals surface area contributed by atoms with Gasteiger partial charge in [-0.3, -0.25) is 4.98 Å². The molecule has 0 aliphatic rings. The Balaban J connectivity index is 1.90. The van der Waals surface area contributed by atoms with E-state index in [1.807, 2.05) is 18.2 Å². The normalized spacial score (nSPS) is 9.90. The number of carbonyl (C=O) groups is 1. The van der Waals surface area contributed by atoms with Crippen molar-refractivity contribution in [2.75, 3.05) is 12.4 Å². The van der Waals surface area contributed by atoms with E-state index in [0.29, 0.717) is 23.0 Å². The first kappa shape index (κ1) is 14.1. The molecule has 0 fully saturated rings. The average molecular weight is 292 g/mol. The van der Waals surface area contributed by atoms with Crippen LogP contribution >= 0.6 is 11.6 Å². The van der Waals surface area contributed by atoms with E-state index >= 15 is 0 Å². The number of methoxy groups -OCH3 is 1. The van der Waals surface area contributed by atoms with E-state index in [2.05, 4.69) is 15.6 Å². The maximum absolute atomic E-state index is 11.7. The van der Waals surface area contributed by atoms with E-state index < -0.39 is 0 Å². The van der Waals surface area contributed by atoms with E-state index in [1.165, 1.54) is 7.11 Å². The molecule has 0 saturated carbocycles. The summed E-state index contributed by atoms with van der Waals surface area (Å²) in [5, 5.41) is 5.83. The minimum Gasteiger partial charge on any atom is -0.495 e. The fraction of sp³-hybridized carbons (Fsp3) is 0.143. The lowest BCUT2D eigenvalue weighted by Crippen LogP contribution is -2.28. The molecule has 1 aromatic carbocycles. The van der Waals surface area contributed by atoms with E-state index in [-0.39, 0.29) is 6.03 Å². The van der Waals surface area contributed by atoms with Crippen molar-refractivity contribution in [2.24, 2.45) is 0 Å². The number of benzene rings is 1. The first-order chi connectivity index (χ1) is 9.69. The van der Waals surface area contributed by atoms with Crippen molar-refractivity contribution in [1.82, 2.24) is 10.3 Å². The predicted octanol–water partition coefficient (Wildman–Crippen LogP) is 3.07. The van der Waals surface area contributed by atoms with Gasteiger partial charge in [-0.1, -0.05) is 17.7 Å². The van der Waals surface area contributed by atoms with E-state index in [0.717, 1.165) is 5.69 Å². The molecule has 0 bridgehead atoms. The molecule has 1 heterocycles. The summed E-state index contributed by atoms with van der Waals surface area (Å²) in [6.07, 6.45) is 1.68. The third-order valence-electron chi connectivity index (χ3n) is 2.57. The summed E-state index contributed by atoms with van der Waals surface area (Å²) < 4.78 is 5.04. The Morgan fingerprint density at radius 1 is 1.35 bits per heavy atom. The summed E-state index contributed by atoms with van der Waals surface area (Å²) in [6.45, 7) is 0.358. The highest BCUT2D eigenvalue weighted by molar-refractivity contribution is 6.32. The highest BCUT2D eigenvalue weighted by Gasteiger charge is 2.05. The molecule has 104 valence electrons. The van der Waals surface area contributed by atoms with Crippen molar-refractivity contribution in [3.05, 3.63) is 53.3 Å². The monoisotopic (exact) mass is 291 g/mol. The zero-order valence-corrected chi connectivity index (χ0v) is 11.6. The second kappa shape index (κ2) is 6.77. The van der Waals surface area contributed by atoms with Crippen molar-refractivity contribution >= 4 is 23.3 Å². The molecule has 0 aliphatic carbocycles. The molecule has 2 rings (SSSR count). The van der Waals surface area contributed by atoms with Crippen molar-refractivity contribution in [3.63, 3.8) is 0 Å². The number of carbonyl (C=O) groups excluding carboxylic acids is 1. The average Bonchev–Trinajstić information content (AvgIpc) is 2.46. The van der Waals surface area contributed by atoms with Crippen LogP contribution in [0.15, 0.2) is 42.6 Å². The van der Waals surface area contributed by atoms with Gasteiger partial charge >= 0.3 is 6.03 Å². The van der Waals surface area contributed by atoms with Crippen LogP contribution in [0.1, 0.15) is 5.69 Å². The second-order valence-electron chi connectivity index (χ2n) is 3.98. The standard InChI is InChI=1S/C14H14ClN3O2/c1-20-13-6-5-10(8-12(13)15)18-14(19)17-9-11-4-2-3-7-16-11/h2-8H,9H2,1H3,(H2,17,18,19). The molecule has 0 unspecified atom stereocenters. The summed E-state index contributed by atoms with van der Waals surface area (Å²) in [6, 6.07) is 10.2. The molecule has 6 heteroatoms. The molecule has 5 nitrogen and oxygen atoms in total. The zero-order chi connectivity index (χ0) is 14.4. The van der Waals surface area contributed by atoms with Crippen LogP contribution in [0.2, 0.25) is 5.02 Å². The Labute approximate surface area is 121 Å². The number of aromatic nitrogens is 1. The third kappa shape index (κ3) is 3.86. The number of nitrogens with one attached hydrogen (secondary N) is 2. The van der Waals surface area contributed by atoms with E-state index in [4.69, 9.17) is 16.3 Å². The Bertz CT molecular complexity index is 590. The molecule has 2 aromatic rings. The van der Waals surface area contributed by atoms with Crippen LogP contribution in [-0.4, -0.2) is 18.1 Å². The number of halogens is 1. The van der Waals surface area contributed by atoms with Crippen LogP contribution < -0.4 is 15.4 Å². The maximum Gasteiger partial charge on any atom is 0.319 e. The van der Waals surface area contributed by atoms with Crippen molar-refractivity contribution < 1.29 is 9.53 Å². The van der Waals surface area contributed by atoms with Crippen LogP contribution in [0.3, 0.4) is 0 Å². The van der Waals surface area contributed by atoms with Crippen LogP contribution in [0.25, 0.3) is 0 Å². The van der Waals surface area contributed by atoms with Gasteiger partial charge in [-0.2, -0.15) is 0 Å². The lowest BCUT2D eigenvalue weighted by atomic mass is 10.3. The minimum absolute atomic E-state index is 0.322. The topological polar surface area (TPSA) is 63.2 Å². The SMILES string of the molecule is COc1ccc(NC(=O)NCc2ccccn2)cc1Cl. The molecule has 0 radical (unpaired) electrons. The number of hydrogen-bond acceptors (Lipinski definition) is 3. The van der Waals surface area contributed by atoms with E-state index in [9.17, 15) is 4.79 Å². The summed E-state index contributed by atoms with van der Waals surface area (Å²) in [5.74, 6) is 0.561. The molecule has 0 saturated heterocycles. The lowest BCUT2D eigenvalue weighted by molar-refractivity contribution is 0.251. The zero-order valence-electron chi connectivity index (χ0n) is 10.9. The fourth-order valence-corrected chi connectivity index (χ4v) is 1.85. The van der Waals surface area contributed by atoms with Crippen LogP contribution in [0, 0.1) is 0 Å². The quantitative estimate of drug-likeness (QED) is 0.910. The number of pyridine rings is 1. The fourth-order valence-electron chi connectivity index (χ4n) is 1.59. The molecular formula is C14H14ClN3O2. The summed E-state index contributed by atoms with van der Waals surface area (Å²) in [5.41, 5.74) is 1.38. The van der Waals surface area contributed by atoms with Crippen molar-refractivity contribution in [2.45, 2.75) is 6.54 Å². The van der Waals surface area contributed by atoms with Gasteiger partial charge in [-0.05, 0) is 30.3 Å². The first-order valence-electron chi connectivity index (χ1n) is 5.97. The van der Waals surface area contributed by atoms with Gasteiger partial charge in [0.15, 0.2) is 0 Å². The molecular weight excluding hydrogens is 278 g/mol. The molecule has 0 atom stereocenters. The van der Waals surface area contributed by atoms with E-state index in [1.54, 1.807) is 24.4 Å². The molecule has 20 heavy (non-hydrogen) atoms. The van der Waals surface area contributed by atoms with Crippen LogP contribution in [0.4, 0.5) is 10.5 Å². The molecule has 0 spiro atoms. The number of hydrogen-bond donors (Lipinski definition) is 2. The lowest BCUT2D eigenvalue weighted by Gasteiger charge is -2.09. The summed E-state index contributed by atoms with van der Waals surface area (Å²) >= 11 is 5.98. The highest BCUT2D eigenvalue weighted by Crippen LogP contribution is 2.27. The molecule has 2 amide bonds. The smallest absolute Gasteiger partial charge is 0.319 e. The third-order valence-corrected chi connectivity index (χ3v) is 2.86. The Hall–Kier alpha value is -2.27. The van der Waals surface area contributed by atoms with Gasteiger partial charge in [0.05, 0.1) is 24.4 Å². The first-order valence-corrected chi connectivity index (χ1v) is 6.35. The van der Waals surface area contributed by atoms with Crippen molar-refractivity contribution in [3.8, 4) is 5.75 Å². The number of urea groups is 1. The largest absolute Gasteiger partial charge is 0.495 e. The Morgan fingerprint density at radius 2 is 2.20 bits per heavy atom. The minimum atomic E-state index is -0.322. The van der Waals surface area contributed by atoms with Gasteiger partial charge < -0.3 is 15.4 Å².